The van der Waals surface area contributed by atoms with Crippen LogP contribution in [0.1, 0.15) is 41.0 Å². The van der Waals surface area contributed by atoms with Gasteiger partial charge >= 0.3 is 7.60 Å². The molecule has 1 heterocycles. The van der Waals surface area contributed by atoms with Crippen LogP contribution in [-0.2, 0) is 27.7 Å². The van der Waals surface area contributed by atoms with Gasteiger partial charge in [0.25, 0.3) is 0 Å². The minimum absolute atomic E-state index is 0.0585. The number of nitrogens with one attached hydrogen (secondary N) is 2. The zero-order valence-electron chi connectivity index (χ0n) is 19.8. The van der Waals surface area contributed by atoms with Crippen LogP contribution in [0, 0.1) is 5.41 Å². The Hall–Kier alpha value is -1.07. The maximum absolute atomic E-state index is 13.0. The van der Waals surface area contributed by atoms with Crippen molar-refractivity contribution in [3.63, 3.8) is 0 Å². The molecular weight excluding hydrogens is 475 g/mol. The van der Waals surface area contributed by atoms with Gasteiger partial charge in [0.2, 0.25) is 15.5 Å². The fourth-order valence-corrected chi connectivity index (χ4v) is 5.83. The number of halogens is 1. The van der Waals surface area contributed by atoms with Gasteiger partial charge in [0.15, 0.2) is 11.0 Å². The minimum atomic E-state index is -3.28. The van der Waals surface area contributed by atoms with Crippen LogP contribution < -0.4 is 10.8 Å². The predicted molar refractivity (Wildman–Crippen MR) is 127 cm³/mol. The molecule has 0 saturated heterocycles. The van der Waals surface area contributed by atoms with Gasteiger partial charge in [-0.2, -0.15) is 0 Å². The molecule has 0 aliphatic heterocycles. The molecule has 32 heavy (non-hydrogen) atoms. The zero-order valence-corrected chi connectivity index (χ0v) is 22.5. The van der Waals surface area contributed by atoms with Gasteiger partial charge in [-0.25, -0.2) is 15.4 Å². The highest BCUT2D eigenvalue weighted by Gasteiger charge is 2.37. The minimum Gasteiger partial charge on any atom is -0.411 e. The Bertz CT molecular complexity index is 758. The van der Waals surface area contributed by atoms with E-state index in [-0.39, 0.29) is 47.6 Å². The van der Waals surface area contributed by atoms with Crippen molar-refractivity contribution in [3.8, 4) is 0 Å². The molecule has 0 spiro atoms. The van der Waals surface area contributed by atoms with E-state index in [2.05, 4.69) is 20.8 Å². The van der Waals surface area contributed by atoms with Crippen molar-refractivity contribution in [2.24, 2.45) is 5.41 Å². The topological polar surface area (TPSA) is 121 Å². The lowest BCUT2D eigenvalue weighted by molar-refractivity contribution is -0.105. The maximum atomic E-state index is 13.0. The number of hydrogen-bond acceptors (Lipinski definition) is 9. The molecule has 2 atom stereocenters. The first-order chi connectivity index (χ1) is 15.0. The van der Waals surface area contributed by atoms with Gasteiger partial charge in [0.05, 0.1) is 25.5 Å². The van der Waals surface area contributed by atoms with E-state index in [1.165, 1.54) is 6.33 Å². The Labute approximate surface area is 197 Å². The lowest BCUT2D eigenvalue weighted by Crippen LogP contribution is -2.45. The Morgan fingerprint density at radius 3 is 2.34 bits per heavy atom. The maximum Gasteiger partial charge on any atom is 0.330 e. The predicted octanol–water partition coefficient (Wildman–Crippen LogP) is 4.75. The molecule has 0 fully saturated rings. The van der Waals surface area contributed by atoms with Crippen LogP contribution in [0.4, 0.5) is 11.5 Å². The van der Waals surface area contributed by atoms with E-state index in [0.717, 1.165) is 0 Å². The van der Waals surface area contributed by atoms with Crippen LogP contribution in [0.2, 0.25) is 18.2 Å². The summed E-state index contributed by atoms with van der Waals surface area (Å²) in [4.78, 5) is 24.9. The smallest absolute Gasteiger partial charge is 0.330 e. The molecule has 13 heteroatoms. The van der Waals surface area contributed by atoms with Crippen molar-refractivity contribution in [2.75, 3.05) is 30.2 Å². The quantitative estimate of drug-likeness (QED) is 0.113. The van der Waals surface area contributed by atoms with E-state index in [4.69, 9.17) is 29.9 Å². The standard InChI is InChI=1S/C19H35ClN4O6PSi/c1-8-27-31(26,28-9-2)11-10-14(16(19(3,4)5)30-32(6)7)29-24-18-15(23-13-25)17(20)21-12-22-18/h12-14,16H,8-11H2,1-7H3,(H,23,25)(H,21,22,24). The molecule has 10 nitrogen and oxygen atoms in total. The van der Waals surface area contributed by atoms with Gasteiger partial charge in [-0.15, -0.1) is 0 Å². The van der Waals surface area contributed by atoms with E-state index in [0.29, 0.717) is 12.8 Å². The summed E-state index contributed by atoms with van der Waals surface area (Å²) in [5.74, 6) is 0.186. The fraction of sp³-hybridized carbons (Fsp3) is 0.737. The molecule has 0 aromatic carbocycles. The monoisotopic (exact) mass is 509 g/mol. The first-order valence-electron chi connectivity index (χ1n) is 10.4. The third kappa shape index (κ3) is 9.42. The van der Waals surface area contributed by atoms with Crippen LogP contribution in [0.5, 0.6) is 0 Å². The molecule has 0 bridgehead atoms. The van der Waals surface area contributed by atoms with Crippen molar-refractivity contribution in [1.82, 2.24) is 9.97 Å². The van der Waals surface area contributed by atoms with Crippen molar-refractivity contribution in [3.05, 3.63) is 11.5 Å². The third-order valence-corrected chi connectivity index (χ3v) is 7.33. The summed E-state index contributed by atoms with van der Waals surface area (Å²) in [5.41, 5.74) is 2.66. The van der Waals surface area contributed by atoms with Crippen LogP contribution in [-0.4, -0.2) is 57.0 Å². The van der Waals surface area contributed by atoms with Gasteiger partial charge in [0, 0.05) is 0 Å². The number of anilines is 2. The summed E-state index contributed by atoms with van der Waals surface area (Å²) < 4.78 is 30.2. The molecule has 1 aromatic heterocycles. The van der Waals surface area contributed by atoms with Gasteiger partial charge in [0.1, 0.15) is 18.1 Å². The first kappa shape index (κ1) is 29.0. The zero-order chi connectivity index (χ0) is 24.4. The molecule has 0 aliphatic rings. The molecule has 1 rings (SSSR count). The lowest BCUT2D eigenvalue weighted by atomic mass is 9.85. The van der Waals surface area contributed by atoms with Crippen molar-refractivity contribution < 1.29 is 27.7 Å². The van der Waals surface area contributed by atoms with Gasteiger partial charge in [-0.3, -0.25) is 14.2 Å². The summed E-state index contributed by atoms with van der Waals surface area (Å²) >= 11 is 6.06. The van der Waals surface area contributed by atoms with Crippen molar-refractivity contribution >= 4 is 46.2 Å². The number of nitrogens with zero attached hydrogens (tertiary/aromatic N) is 2. The average molecular weight is 510 g/mol. The molecule has 2 unspecified atom stereocenters. The summed E-state index contributed by atoms with van der Waals surface area (Å²) in [5, 5.41) is 2.52. The van der Waals surface area contributed by atoms with E-state index in [1.807, 2.05) is 33.9 Å². The normalized spacial score (nSPS) is 14.3. The highest BCUT2D eigenvalue weighted by atomic mass is 35.5. The molecule has 0 saturated carbocycles. The molecule has 1 amide bonds. The van der Waals surface area contributed by atoms with Crippen LogP contribution >= 0.6 is 19.2 Å². The number of rotatable bonds is 15. The second-order valence-electron chi connectivity index (χ2n) is 8.18. The highest BCUT2D eigenvalue weighted by Crippen LogP contribution is 2.49. The van der Waals surface area contributed by atoms with Crippen LogP contribution in [0.25, 0.3) is 0 Å². The first-order valence-corrected chi connectivity index (χ1v) is 15.0. The molecule has 1 radical (unpaired) electrons. The van der Waals surface area contributed by atoms with Crippen LogP contribution in [0.15, 0.2) is 6.33 Å². The third-order valence-electron chi connectivity index (χ3n) is 4.20. The summed E-state index contributed by atoms with van der Waals surface area (Å²) in [7, 11) is -4.37. The number of hydrogen-bond donors (Lipinski definition) is 2. The molecule has 183 valence electrons. The van der Waals surface area contributed by atoms with Crippen molar-refractivity contribution in [1.29, 1.82) is 0 Å². The van der Waals surface area contributed by atoms with Gasteiger partial charge in [-0.05, 0) is 38.8 Å². The van der Waals surface area contributed by atoms with Crippen LogP contribution in [0.3, 0.4) is 0 Å². The molecular formula is C19H35ClN4O6PSi. The average Bonchev–Trinajstić information content (AvgIpc) is 2.68. The Morgan fingerprint density at radius 2 is 1.84 bits per heavy atom. The Morgan fingerprint density at radius 1 is 1.22 bits per heavy atom. The van der Waals surface area contributed by atoms with E-state index >= 15 is 0 Å². The number of carbonyl (C=O) groups is 1. The van der Waals surface area contributed by atoms with E-state index < -0.39 is 22.7 Å². The number of carbonyl (C=O) groups excluding carboxylic acids is 1. The largest absolute Gasteiger partial charge is 0.411 e. The molecule has 2 N–H and O–H groups in total. The number of amides is 1. The summed E-state index contributed by atoms with van der Waals surface area (Å²) in [6.07, 6.45) is 1.32. The van der Waals surface area contributed by atoms with E-state index in [1.54, 1.807) is 13.8 Å². The summed E-state index contributed by atoms with van der Waals surface area (Å²) in [6.45, 7) is 14.3. The fourth-order valence-electron chi connectivity index (χ4n) is 2.94. The number of aromatic nitrogens is 2. The Kier molecular flexibility index (Phi) is 12.3. The van der Waals surface area contributed by atoms with Gasteiger partial charge in [-0.1, -0.05) is 32.4 Å². The second kappa shape index (κ2) is 13.6. The highest BCUT2D eigenvalue weighted by molar-refractivity contribution is 7.53. The Balaban J connectivity index is 3.18. The second-order valence-corrected chi connectivity index (χ2v) is 12.8. The molecule has 0 aliphatic carbocycles. The van der Waals surface area contributed by atoms with Gasteiger partial charge < -0.3 is 18.8 Å². The molecule has 1 aromatic rings. The SMILES string of the molecule is CCOP(=O)(CCC(ONc1ncnc(Cl)c1NC=O)C(O[Si](C)C)C(C)(C)C)OCC. The summed E-state index contributed by atoms with van der Waals surface area (Å²) in [6, 6.07) is 0. The van der Waals surface area contributed by atoms with E-state index in [9.17, 15) is 9.36 Å². The lowest BCUT2D eigenvalue weighted by Gasteiger charge is -2.38. The van der Waals surface area contributed by atoms with Crippen molar-refractivity contribution in [2.45, 2.75) is 66.3 Å².